The van der Waals surface area contributed by atoms with Crippen molar-refractivity contribution in [3.05, 3.63) is 57.6 Å². The molecule has 0 aromatic heterocycles. The van der Waals surface area contributed by atoms with Crippen LogP contribution >= 0.6 is 23.2 Å². The number of aliphatic imine (C=N–C) groups is 1. The van der Waals surface area contributed by atoms with E-state index in [9.17, 15) is 26.3 Å². The molecule has 1 aliphatic rings. The molecule has 0 saturated heterocycles. The van der Waals surface area contributed by atoms with E-state index >= 15 is 0 Å². The molecule has 2 N–H and O–H groups in total. The number of hydrogen-bond donors (Lipinski definition) is 2. The summed E-state index contributed by atoms with van der Waals surface area (Å²) in [6.07, 6.45) is -8.58. The largest absolute Gasteiger partial charge is 0.573 e. The number of rotatable bonds is 5. The summed E-state index contributed by atoms with van der Waals surface area (Å²) >= 11 is 12.1. The van der Waals surface area contributed by atoms with Crippen molar-refractivity contribution in [3.63, 3.8) is 0 Å². The minimum absolute atomic E-state index is 0.0331. The maximum absolute atomic E-state index is 13.2. The summed E-state index contributed by atoms with van der Waals surface area (Å²) in [5.74, 6) is -1.39. The van der Waals surface area contributed by atoms with Crippen molar-refractivity contribution < 1.29 is 31.1 Å². The van der Waals surface area contributed by atoms with Crippen molar-refractivity contribution in [1.29, 1.82) is 5.26 Å². The summed E-state index contributed by atoms with van der Waals surface area (Å²) in [7, 11) is 0. The van der Waals surface area contributed by atoms with Crippen LogP contribution in [0.1, 0.15) is 18.1 Å². The lowest BCUT2D eigenvalue weighted by Crippen LogP contribution is -2.41. The molecule has 7 nitrogen and oxygen atoms in total. The van der Waals surface area contributed by atoms with Gasteiger partial charge in [0.05, 0.1) is 39.6 Å². The number of guanidine groups is 1. The number of halogens is 8. The molecule has 1 atom stereocenters. The lowest BCUT2D eigenvalue weighted by atomic mass is 10.0. The highest BCUT2D eigenvalue weighted by Crippen LogP contribution is 2.37. The summed E-state index contributed by atoms with van der Waals surface area (Å²) < 4.78 is 82.1. The molecule has 0 radical (unpaired) electrons. The molecule has 2 aromatic rings. The fourth-order valence-electron chi connectivity index (χ4n) is 3.29. The first-order valence-corrected chi connectivity index (χ1v) is 10.8. The average Bonchev–Trinajstić information content (AvgIpc) is 3.19. The highest BCUT2D eigenvalue weighted by molar-refractivity contribution is 6.42. The van der Waals surface area contributed by atoms with Gasteiger partial charge in [0.1, 0.15) is 0 Å². The Balaban J connectivity index is 2.02. The number of hydrogen-bond acceptors (Lipinski definition) is 5. The van der Waals surface area contributed by atoms with Crippen LogP contribution in [0, 0.1) is 11.5 Å². The van der Waals surface area contributed by atoms with E-state index in [-0.39, 0.29) is 11.6 Å². The Kier molecular flexibility index (Phi) is 8.22. The van der Waals surface area contributed by atoms with Crippen LogP contribution in [0.2, 0.25) is 10.0 Å². The second kappa shape index (κ2) is 10.8. The molecule has 0 bridgehead atoms. The van der Waals surface area contributed by atoms with Crippen LogP contribution in [0.4, 0.5) is 32.0 Å². The number of ether oxygens (including phenoxy) is 1. The second-order valence-corrected chi connectivity index (χ2v) is 8.04. The number of nitrogens with zero attached hydrogens (tertiary/aromatic N) is 4. The van der Waals surface area contributed by atoms with Gasteiger partial charge in [0, 0.05) is 5.56 Å². The average molecular weight is 553 g/mol. The summed E-state index contributed by atoms with van der Waals surface area (Å²) in [5, 5.41) is 20.7. The summed E-state index contributed by atoms with van der Waals surface area (Å²) in [6, 6.07) is 5.63. The third kappa shape index (κ3) is 6.71. The van der Waals surface area contributed by atoms with E-state index in [0.29, 0.717) is 41.0 Å². The maximum atomic E-state index is 13.2. The number of anilines is 1. The molecule has 1 heterocycles. The van der Waals surface area contributed by atoms with Crippen LogP contribution in [0.15, 0.2) is 46.5 Å². The molecule has 0 aliphatic carbocycles. The highest BCUT2D eigenvalue weighted by atomic mass is 35.5. The van der Waals surface area contributed by atoms with Gasteiger partial charge in [-0.25, -0.2) is 5.01 Å². The zero-order chi connectivity index (χ0) is 26.7. The van der Waals surface area contributed by atoms with Crippen molar-refractivity contribution in [3.8, 4) is 11.9 Å². The van der Waals surface area contributed by atoms with Crippen LogP contribution < -0.4 is 15.4 Å². The van der Waals surface area contributed by atoms with Gasteiger partial charge in [0.25, 0.3) is 0 Å². The number of benzene rings is 2. The van der Waals surface area contributed by atoms with Gasteiger partial charge in [-0.15, -0.1) is 18.2 Å². The molecular weight excluding hydrogens is 537 g/mol. The smallest absolute Gasteiger partial charge is 0.404 e. The molecule has 0 spiro atoms. The second-order valence-electron chi connectivity index (χ2n) is 7.22. The third-order valence-corrected chi connectivity index (χ3v) is 5.50. The van der Waals surface area contributed by atoms with Crippen LogP contribution in [0.25, 0.3) is 0 Å². The van der Waals surface area contributed by atoms with Crippen molar-refractivity contribution in [2.24, 2.45) is 10.1 Å². The van der Waals surface area contributed by atoms with Gasteiger partial charge < -0.3 is 15.4 Å². The first-order chi connectivity index (χ1) is 16.8. The van der Waals surface area contributed by atoms with Gasteiger partial charge in [-0.05, 0) is 36.9 Å². The Hall–Kier alpha value is -3.21. The fourth-order valence-corrected chi connectivity index (χ4v) is 3.59. The molecule has 36 heavy (non-hydrogen) atoms. The number of nitrogens with one attached hydrogen (secondary N) is 2. The van der Waals surface area contributed by atoms with Gasteiger partial charge in [-0.1, -0.05) is 36.2 Å². The molecule has 0 fully saturated rings. The first-order valence-electron chi connectivity index (χ1n) is 10.1. The Labute approximate surface area is 210 Å². The predicted molar refractivity (Wildman–Crippen MR) is 122 cm³/mol. The Bertz CT molecular complexity index is 1220. The quantitative estimate of drug-likeness (QED) is 0.210. The van der Waals surface area contributed by atoms with Crippen LogP contribution in [0.3, 0.4) is 0 Å². The summed E-state index contributed by atoms with van der Waals surface area (Å²) in [5.41, 5.74) is -0.995. The van der Waals surface area contributed by atoms with E-state index in [4.69, 9.17) is 28.5 Å². The number of alkyl halides is 6. The lowest BCUT2D eigenvalue weighted by molar-refractivity contribution is -0.274. The van der Waals surface area contributed by atoms with Crippen molar-refractivity contribution in [2.75, 3.05) is 18.4 Å². The van der Waals surface area contributed by atoms with Crippen LogP contribution in [-0.4, -0.2) is 42.2 Å². The van der Waals surface area contributed by atoms with E-state index in [1.807, 2.05) is 6.92 Å². The molecule has 3 rings (SSSR count). The van der Waals surface area contributed by atoms with E-state index in [1.165, 1.54) is 6.19 Å². The summed E-state index contributed by atoms with van der Waals surface area (Å²) in [4.78, 5) is 3.52. The normalized spacial score (nSPS) is 16.6. The molecule has 2 aromatic carbocycles. The minimum Gasteiger partial charge on any atom is -0.404 e. The first kappa shape index (κ1) is 27.4. The predicted octanol–water partition coefficient (Wildman–Crippen LogP) is 5.86. The number of hydrazone groups is 1. The number of nitriles is 1. The monoisotopic (exact) mass is 552 g/mol. The zero-order valence-electron chi connectivity index (χ0n) is 18.2. The van der Waals surface area contributed by atoms with Gasteiger partial charge in [-0.2, -0.15) is 23.5 Å². The summed E-state index contributed by atoms with van der Waals surface area (Å²) in [6.45, 7) is 2.35. The van der Waals surface area contributed by atoms with E-state index in [2.05, 4.69) is 25.5 Å². The van der Waals surface area contributed by atoms with Gasteiger partial charge >= 0.3 is 12.5 Å². The van der Waals surface area contributed by atoms with Gasteiger partial charge in [0.15, 0.2) is 5.75 Å². The Morgan fingerprint density at radius 2 is 1.89 bits per heavy atom. The zero-order valence-corrected chi connectivity index (χ0v) is 19.7. The highest BCUT2D eigenvalue weighted by Gasteiger charge is 2.36. The SMILES string of the molecule is CCNC1CN(/C(=N\C#N)Nc2cc(C(F)(F)F)ccc2OC(F)(F)F)N=C1c1ccc(Cl)c(Cl)c1. The molecule has 192 valence electrons. The lowest BCUT2D eigenvalue weighted by Gasteiger charge is -2.21. The molecule has 15 heteroatoms. The maximum Gasteiger partial charge on any atom is 0.573 e. The minimum atomic E-state index is -5.19. The molecule has 1 unspecified atom stereocenters. The van der Waals surface area contributed by atoms with Crippen LogP contribution in [-0.2, 0) is 6.18 Å². The van der Waals surface area contributed by atoms with Gasteiger partial charge in [0.2, 0.25) is 12.2 Å². The molecule has 1 aliphatic heterocycles. The van der Waals surface area contributed by atoms with Crippen molar-refractivity contribution in [1.82, 2.24) is 10.3 Å². The van der Waals surface area contributed by atoms with Crippen molar-refractivity contribution in [2.45, 2.75) is 25.5 Å². The topological polar surface area (TPSA) is 85.0 Å². The fraction of sp³-hybridized carbons (Fsp3) is 0.286. The van der Waals surface area contributed by atoms with Gasteiger partial charge in [-0.3, -0.25) is 0 Å². The standard InChI is InChI=1S/C21H16Cl2F6N6O/c1-2-31-16-9-35(34-18(16)11-3-5-13(22)14(23)7-11)19(32-10-30)33-15-8-12(20(24,25)26)4-6-17(15)36-21(27,28)29/h3-8,16,31H,2,9H2,1H3,(H,32,33). The third-order valence-electron chi connectivity index (χ3n) is 4.76. The van der Waals surface area contributed by atoms with Crippen LogP contribution in [0.5, 0.6) is 5.75 Å². The molecule has 0 amide bonds. The molecule has 0 saturated carbocycles. The van der Waals surface area contributed by atoms with E-state index < -0.39 is 41.5 Å². The van der Waals surface area contributed by atoms with E-state index in [1.54, 1.807) is 18.2 Å². The van der Waals surface area contributed by atoms with E-state index in [0.717, 1.165) is 5.01 Å². The Morgan fingerprint density at radius 1 is 1.17 bits per heavy atom. The molecular formula is C21H16Cl2F6N6O. The Morgan fingerprint density at radius 3 is 2.47 bits per heavy atom. The number of likely N-dealkylation sites (N-methyl/N-ethyl adjacent to an activating group) is 1. The van der Waals surface area contributed by atoms with Crippen molar-refractivity contribution >= 4 is 40.6 Å².